The number of unbranched alkanes of at least 4 members (excludes halogenated alkanes) is 6. The summed E-state index contributed by atoms with van der Waals surface area (Å²) >= 11 is 0. The van der Waals surface area contributed by atoms with Gasteiger partial charge in [0.1, 0.15) is 6.10 Å². The number of hydrogen-bond acceptors (Lipinski definition) is 2. The van der Waals surface area contributed by atoms with Crippen molar-refractivity contribution in [1.82, 2.24) is 0 Å². The van der Waals surface area contributed by atoms with Crippen LogP contribution < -0.4 is 0 Å². The van der Waals surface area contributed by atoms with Crippen molar-refractivity contribution >= 4 is 0 Å². The number of ether oxygens (including phenoxy) is 2. The molecule has 1 aromatic carbocycles. The van der Waals surface area contributed by atoms with Gasteiger partial charge in [0.2, 0.25) is 0 Å². The van der Waals surface area contributed by atoms with E-state index >= 15 is 0 Å². The Morgan fingerprint density at radius 1 is 0.667 bits per heavy atom. The van der Waals surface area contributed by atoms with Gasteiger partial charge in [0, 0.05) is 0 Å². The molecule has 1 saturated heterocycles. The molecule has 2 heteroatoms. The maximum atomic E-state index is 6.16. The van der Waals surface area contributed by atoms with E-state index in [1.807, 2.05) is 0 Å². The van der Waals surface area contributed by atoms with Gasteiger partial charge in [-0.1, -0.05) is 95.9 Å². The molecule has 2 atom stereocenters. The fraction of sp³-hybridized carbons (Fsp3) is 0.786. The second-order valence-electron chi connectivity index (χ2n) is 9.86. The van der Waals surface area contributed by atoms with Crippen LogP contribution in [-0.2, 0) is 9.47 Å². The van der Waals surface area contributed by atoms with Gasteiger partial charge in [-0.2, -0.15) is 0 Å². The number of benzene rings is 1. The number of rotatable bonds is 12. The highest BCUT2D eigenvalue weighted by molar-refractivity contribution is 5.27. The lowest BCUT2D eigenvalue weighted by Gasteiger charge is -2.31. The molecular formula is C28H46O2. The van der Waals surface area contributed by atoms with Gasteiger partial charge >= 0.3 is 0 Å². The van der Waals surface area contributed by atoms with Crippen LogP contribution in [0.25, 0.3) is 0 Å². The molecule has 2 unspecified atom stereocenters. The monoisotopic (exact) mass is 414 g/mol. The van der Waals surface area contributed by atoms with Crippen LogP contribution in [0.4, 0.5) is 0 Å². The zero-order chi connectivity index (χ0) is 21.0. The van der Waals surface area contributed by atoms with E-state index in [2.05, 4.69) is 38.1 Å². The summed E-state index contributed by atoms with van der Waals surface area (Å²) in [4.78, 5) is 0. The molecule has 1 aliphatic carbocycles. The van der Waals surface area contributed by atoms with Gasteiger partial charge in [0.15, 0.2) is 0 Å². The molecule has 3 rings (SSSR count). The molecule has 1 saturated carbocycles. The van der Waals surface area contributed by atoms with Crippen LogP contribution in [0.2, 0.25) is 0 Å². The zero-order valence-corrected chi connectivity index (χ0v) is 19.7. The first kappa shape index (κ1) is 23.8. The zero-order valence-electron chi connectivity index (χ0n) is 19.7. The molecule has 1 aromatic rings. The van der Waals surface area contributed by atoms with Crippen molar-refractivity contribution in [3.05, 3.63) is 35.4 Å². The van der Waals surface area contributed by atoms with Crippen LogP contribution in [0.15, 0.2) is 24.3 Å². The molecule has 2 nitrogen and oxygen atoms in total. The first-order valence-electron chi connectivity index (χ1n) is 13.1. The van der Waals surface area contributed by atoms with Crippen LogP contribution >= 0.6 is 0 Å². The Morgan fingerprint density at radius 3 is 1.90 bits per heavy atom. The van der Waals surface area contributed by atoms with E-state index < -0.39 is 0 Å². The van der Waals surface area contributed by atoms with Gasteiger partial charge in [-0.25, -0.2) is 0 Å². The van der Waals surface area contributed by atoms with E-state index in [0.29, 0.717) is 12.7 Å². The molecule has 1 heterocycles. The van der Waals surface area contributed by atoms with Crippen molar-refractivity contribution < 1.29 is 9.47 Å². The van der Waals surface area contributed by atoms with E-state index in [1.54, 1.807) is 0 Å². The molecule has 2 aliphatic rings. The lowest BCUT2D eigenvalue weighted by molar-refractivity contribution is -0.137. The molecule has 0 spiro atoms. The van der Waals surface area contributed by atoms with Gasteiger partial charge in [-0.15, -0.1) is 0 Å². The smallest absolute Gasteiger partial charge is 0.106 e. The lowest BCUT2D eigenvalue weighted by atomic mass is 9.77. The molecule has 0 amide bonds. The Bertz CT molecular complexity index is 500. The highest BCUT2D eigenvalue weighted by Crippen LogP contribution is 2.38. The summed E-state index contributed by atoms with van der Waals surface area (Å²) < 4.78 is 12.3. The molecule has 170 valence electrons. The Morgan fingerprint density at radius 2 is 1.30 bits per heavy atom. The van der Waals surface area contributed by atoms with Gasteiger partial charge in [-0.3, -0.25) is 0 Å². The summed E-state index contributed by atoms with van der Waals surface area (Å²) in [7, 11) is 0. The quantitative estimate of drug-likeness (QED) is 0.320. The molecule has 0 aromatic heterocycles. The second-order valence-corrected chi connectivity index (χ2v) is 9.86. The summed E-state index contributed by atoms with van der Waals surface area (Å²) in [5, 5.41) is 0. The normalized spacial score (nSPS) is 27.3. The molecule has 30 heavy (non-hydrogen) atoms. The standard InChI is InChI=1S/C28H46O2/c1-3-5-7-9-11-23-13-15-24(16-14-23)25-17-19-26(20-18-25)28-22-29-27(21-30-28)12-10-8-6-4-2/h17-20,23-24,27-28H,3-16,21-22H2,1-2H3. The highest BCUT2D eigenvalue weighted by Gasteiger charge is 2.25. The first-order valence-corrected chi connectivity index (χ1v) is 13.1. The average Bonchev–Trinajstić information content (AvgIpc) is 2.81. The maximum Gasteiger partial charge on any atom is 0.106 e. The van der Waals surface area contributed by atoms with Gasteiger partial charge < -0.3 is 9.47 Å². The third-order valence-corrected chi connectivity index (χ3v) is 7.44. The average molecular weight is 415 g/mol. The van der Waals surface area contributed by atoms with E-state index in [0.717, 1.165) is 24.9 Å². The first-order chi connectivity index (χ1) is 14.8. The largest absolute Gasteiger partial charge is 0.373 e. The fourth-order valence-electron chi connectivity index (χ4n) is 5.33. The summed E-state index contributed by atoms with van der Waals surface area (Å²) in [6.07, 6.45) is 19.5. The van der Waals surface area contributed by atoms with Crippen molar-refractivity contribution in [3.63, 3.8) is 0 Å². The van der Waals surface area contributed by atoms with Crippen LogP contribution in [0, 0.1) is 5.92 Å². The minimum absolute atomic E-state index is 0.116. The summed E-state index contributed by atoms with van der Waals surface area (Å²) in [5.41, 5.74) is 2.82. The van der Waals surface area contributed by atoms with Crippen LogP contribution in [0.1, 0.15) is 127 Å². The van der Waals surface area contributed by atoms with Crippen molar-refractivity contribution in [2.75, 3.05) is 13.2 Å². The Hall–Kier alpha value is -0.860. The lowest BCUT2D eigenvalue weighted by Crippen LogP contribution is -2.31. The Labute approximate surface area is 186 Å². The van der Waals surface area contributed by atoms with Crippen molar-refractivity contribution in [3.8, 4) is 0 Å². The SMILES string of the molecule is CCCCCCC1CCC(c2ccc(C3COC(CCCCCC)CO3)cc2)CC1. The van der Waals surface area contributed by atoms with E-state index in [-0.39, 0.29) is 6.10 Å². The van der Waals surface area contributed by atoms with E-state index in [1.165, 1.54) is 94.6 Å². The summed E-state index contributed by atoms with van der Waals surface area (Å²) in [6.45, 7) is 6.02. The van der Waals surface area contributed by atoms with Crippen molar-refractivity contribution in [2.24, 2.45) is 5.92 Å². The minimum atomic E-state index is 0.116. The maximum absolute atomic E-state index is 6.16. The highest BCUT2D eigenvalue weighted by atomic mass is 16.6. The summed E-state index contributed by atoms with van der Waals surface area (Å²) in [6, 6.07) is 9.31. The van der Waals surface area contributed by atoms with E-state index in [9.17, 15) is 0 Å². The van der Waals surface area contributed by atoms with Gasteiger partial charge in [0.05, 0.1) is 19.3 Å². The Balaban J connectivity index is 1.36. The minimum Gasteiger partial charge on any atom is -0.373 e. The van der Waals surface area contributed by atoms with Gasteiger partial charge in [0.25, 0.3) is 0 Å². The predicted molar refractivity (Wildman–Crippen MR) is 127 cm³/mol. The fourth-order valence-corrected chi connectivity index (χ4v) is 5.33. The van der Waals surface area contributed by atoms with Gasteiger partial charge in [-0.05, 0) is 55.1 Å². The molecule has 0 N–H and O–H groups in total. The van der Waals surface area contributed by atoms with Crippen molar-refractivity contribution in [2.45, 2.75) is 122 Å². The topological polar surface area (TPSA) is 18.5 Å². The predicted octanol–water partition coefficient (Wildman–Crippen LogP) is 8.36. The van der Waals surface area contributed by atoms with Crippen LogP contribution in [-0.4, -0.2) is 19.3 Å². The van der Waals surface area contributed by atoms with Crippen molar-refractivity contribution in [1.29, 1.82) is 0 Å². The number of hydrogen-bond donors (Lipinski definition) is 0. The van der Waals surface area contributed by atoms with E-state index in [4.69, 9.17) is 9.47 Å². The summed E-state index contributed by atoms with van der Waals surface area (Å²) in [5.74, 6) is 1.75. The molecule has 1 aliphatic heterocycles. The molecule has 0 bridgehead atoms. The van der Waals surface area contributed by atoms with Crippen LogP contribution in [0.5, 0.6) is 0 Å². The third kappa shape index (κ3) is 7.68. The second kappa shape index (κ2) is 13.5. The van der Waals surface area contributed by atoms with Crippen LogP contribution in [0.3, 0.4) is 0 Å². The third-order valence-electron chi connectivity index (χ3n) is 7.44. The Kier molecular flexibility index (Phi) is 10.7. The molecule has 2 fully saturated rings. The molecular weight excluding hydrogens is 368 g/mol. The molecule has 0 radical (unpaired) electrons.